The van der Waals surface area contributed by atoms with Gasteiger partial charge in [0.05, 0.1) is 5.56 Å². The zero-order valence-electron chi connectivity index (χ0n) is 14.8. The normalized spacial score (nSPS) is 14.4. The summed E-state index contributed by atoms with van der Waals surface area (Å²) in [6.45, 7) is 2.16. The monoisotopic (exact) mass is 422 g/mol. The van der Waals surface area contributed by atoms with Crippen molar-refractivity contribution in [1.82, 2.24) is 9.80 Å². The van der Waals surface area contributed by atoms with E-state index in [-0.39, 0.29) is 11.8 Å². The fourth-order valence-electron chi connectivity index (χ4n) is 3.50. The number of amides is 2. The minimum absolute atomic E-state index is 0.000245. The van der Waals surface area contributed by atoms with Gasteiger partial charge in [-0.15, -0.1) is 0 Å². The van der Waals surface area contributed by atoms with E-state index in [9.17, 15) is 9.59 Å². The molecule has 0 N–H and O–H groups in total. The van der Waals surface area contributed by atoms with Crippen LogP contribution in [-0.4, -0.2) is 47.8 Å². The minimum atomic E-state index is -0.000245. The zero-order chi connectivity index (χ0) is 18.8. The standard InChI is InChI=1S/C22H19BrN2O2/c23-20-11-4-3-9-19(20)22(27)25-14-12-24(13-15-25)21(26)18-10-5-7-16-6-1-2-8-17(16)18/h1-11H,12-15H2. The molecule has 0 bridgehead atoms. The predicted octanol–water partition coefficient (Wildman–Crippen LogP) is 4.20. The third-order valence-electron chi connectivity index (χ3n) is 4.98. The molecule has 0 unspecified atom stereocenters. The third-order valence-corrected chi connectivity index (χ3v) is 5.67. The SMILES string of the molecule is O=C(c1ccccc1Br)N1CCN(C(=O)c2cccc3ccccc23)CC1. The second-order valence-electron chi connectivity index (χ2n) is 6.59. The molecule has 0 aliphatic carbocycles. The van der Waals surface area contributed by atoms with E-state index in [4.69, 9.17) is 0 Å². The van der Waals surface area contributed by atoms with Crippen molar-refractivity contribution in [2.75, 3.05) is 26.2 Å². The van der Waals surface area contributed by atoms with Gasteiger partial charge in [0, 0.05) is 36.2 Å². The number of fused-ring (bicyclic) bond motifs is 1. The molecule has 0 radical (unpaired) electrons. The quantitative estimate of drug-likeness (QED) is 0.620. The van der Waals surface area contributed by atoms with E-state index in [1.165, 1.54) is 0 Å². The van der Waals surface area contributed by atoms with Gasteiger partial charge in [0.2, 0.25) is 0 Å². The number of piperazine rings is 1. The van der Waals surface area contributed by atoms with Gasteiger partial charge in [-0.2, -0.15) is 0 Å². The number of hydrogen-bond donors (Lipinski definition) is 0. The van der Waals surface area contributed by atoms with Crippen LogP contribution < -0.4 is 0 Å². The van der Waals surface area contributed by atoms with E-state index in [1.807, 2.05) is 76.5 Å². The van der Waals surface area contributed by atoms with Gasteiger partial charge in [-0.1, -0.05) is 48.5 Å². The molecular weight excluding hydrogens is 404 g/mol. The maximum Gasteiger partial charge on any atom is 0.255 e. The summed E-state index contributed by atoms with van der Waals surface area (Å²) in [5, 5.41) is 2.03. The molecule has 136 valence electrons. The number of carbonyl (C=O) groups excluding carboxylic acids is 2. The summed E-state index contributed by atoms with van der Waals surface area (Å²) in [4.78, 5) is 29.4. The van der Waals surface area contributed by atoms with Gasteiger partial charge in [0.25, 0.3) is 11.8 Å². The van der Waals surface area contributed by atoms with E-state index in [1.54, 1.807) is 0 Å². The van der Waals surface area contributed by atoms with Crippen LogP contribution in [0.25, 0.3) is 10.8 Å². The van der Waals surface area contributed by atoms with E-state index in [2.05, 4.69) is 15.9 Å². The highest BCUT2D eigenvalue weighted by atomic mass is 79.9. The molecule has 2 amide bonds. The highest BCUT2D eigenvalue weighted by Gasteiger charge is 2.26. The Morgan fingerprint density at radius 2 is 1.19 bits per heavy atom. The first-order chi connectivity index (χ1) is 13.1. The number of rotatable bonds is 2. The molecule has 1 aliphatic rings. The smallest absolute Gasteiger partial charge is 0.255 e. The first kappa shape index (κ1) is 17.7. The van der Waals surface area contributed by atoms with Gasteiger partial charge in [0.1, 0.15) is 0 Å². The molecule has 0 saturated carbocycles. The summed E-state index contributed by atoms with van der Waals surface area (Å²) in [5.74, 6) is 0.0273. The Morgan fingerprint density at radius 1 is 0.667 bits per heavy atom. The van der Waals surface area contributed by atoms with Crippen molar-refractivity contribution in [2.45, 2.75) is 0 Å². The Hall–Kier alpha value is -2.66. The van der Waals surface area contributed by atoms with Crippen LogP contribution in [0.1, 0.15) is 20.7 Å². The first-order valence-corrected chi connectivity index (χ1v) is 9.75. The summed E-state index contributed by atoms with van der Waals surface area (Å²) in [6.07, 6.45) is 0. The first-order valence-electron chi connectivity index (χ1n) is 8.96. The molecular formula is C22H19BrN2O2. The molecule has 0 aromatic heterocycles. The van der Waals surface area contributed by atoms with E-state index < -0.39 is 0 Å². The van der Waals surface area contributed by atoms with Crippen molar-refractivity contribution < 1.29 is 9.59 Å². The van der Waals surface area contributed by atoms with E-state index in [0.717, 1.165) is 20.8 Å². The maximum absolute atomic E-state index is 13.0. The van der Waals surface area contributed by atoms with Crippen molar-refractivity contribution in [1.29, 1.82) is 0 Å². The number of hydrogen-bond acceptors (Lipinski definition) is 2. The highest BCUT2D eigenvalue weighted by Crippen LogP contribution is 2.22. The summed E-state index contributed by atoms with van der Waals surface area (Å²) < 4.78 is 0.796. The average molecular weight is 423 g/mol. The lowest BCUT2D eigenvalue weighted by Crippen LogP contribution is -2.50. The molecule has 0 spiro atoms. The lowest BCUT2D eigenvalue weighted by Gasteiger charge is -2.35. The third kappa shape index (κ3) is 3.47. The maximum atomic E-state index is 13.0. The summed E-state index contributed by atoms with van der Waals surface area (Å²) in [5.41, 5.74) is 1.38. The van der Waals surface area contributed by atoms with Crippen molar-refractivity contribution in [3.63, 3.8) is 0 Å². The average Bonchev–Trinajstić information content (AvgIpc) is 2.73. The zero-order valence-corrected chi connectivity index (χ0v) is 16.4. The van der Waals surface area contributed by atoms with Crippen LogP contribution in [0.5, 0.6) is 0 Å². The fraction of sp³-hybridized carbons (Fsp3) is 0.182. The Balaban J connectivity index is 1.48. The van der Waals surface area contributed by atoms with Gasteiger partial charge in [0.15, 0.2) is 0 Å². The van der Waals surface area contributed by atoms with E-state index in [0.29, 0.717) is 31.7 Å². The van der Waals surface area contributed by atoms with Crippen LogP contribution in [0.4, 0.5) is 0 Å². The van der Waals surface area contributed by atoms with Gasteiger partial charge in [-0.3, -0.25) is 9.59 Å². The fourth-order valence-corrected chi connectivity index (χ4v) is 3.95. The van der Waals surface area contributed by atoms with Crippen LogP contribution in [0.2, 0.25) is 0 Å². The van der Waals surface area contributed by atoms with Crippen molar-refractivity contribution >= 4 is 38.5 Å². The molecule has 3 aromatic carbocycles. The Labute approximate surface area is 166 Å². The van der Waals surface area contributed by atoms with Crippen molar-refractivity contribution in [3.8, 4) is 0 Å². The lowest BCUT2D eigenvalue weighted by atomic mass is 10.0. The van der Waals surface area contributed by atoms with Crippen LogP contribution in [0, 0.1) is 0 Å². The Morgan fingerprint density at radius 3 is 1.89 bits per heavy atom. The molecule has 1 heterocycles. The van der Waals surface area contributed by atoms with Crippen LogP contribution in [0.15, 0.2) is 71.2 Å². The summed E-state index contributed by atoms with van der Waals surface area (Å²) in [6, 6.07) is 21.2. The van der Waals surface area contributed by atoms with Crippen LogP contribution in [0.3, 0.4) is 0 Å². The van der Waals surface area contributed by atoms with Gasteiger partial charge in [-0.05, 0) is 44.9 Å². The second kappa shape index (κ2) is 7.53. The van der Waals surface area contributed by atoms with Crippen molar-refractivity contribution in [2.24, 2.45) is 0 Å². The van der Waals surface area contributed by atoms with Crippen molar-refractivity contribution in [3.05, 3.63) is 82.3 Å². The number of nitrogens with zero attached hydrogens (tertiary/aromatic N) is 2. The molecule has 0 atom stereocenters. The molecule has 4 nitrogen and oxygen atoms in total. The molecule has 27 heavy (non-hydrogen) atoms. The highest BCUT2D eigenvalue weighted by molar-refractivity contribution is 9.10. The molecule has 5 heteroatoms. The number of halogens is 1. The minimum Gasteiger partial charge on any atom is -0.335 e. The molecule has 1 saturated heterocycles. The van der Waals surface area contributed by atoms with Crippen LogP contribution >= 0.6 is 15.9 Å². The second-order valence-corrected chi connectivity index (χ2v) is 7.45. The number of benzene rings is 3. The van der Waals surface area contributed by atoms with Crippen LogP contribution in [-0.2, 0) is 0 Å². The largest absolute Gasteiger partial charge is 0.335 e. The summed E-state index contributed by atoms with van der Waals surface area (Å²) in [7, 11) is 0. The Bertz CT molecular complexity index is 1000. The topological polar surface area (TPSA) is 40.6 Å². The van der Waals surface area contributed by atoms with E-state index >= 15 is 0 Å². The Kier molecular flexibility index (Phi) is 4.94. The van der Waals surface area contributed by atoms with Gasteiger partial charge >= 0.3 is 0 Å². The summed E-state index contributed by atoms with van der Waals surface area (Å²) >= 11 is 3.44. The molecule has 3 aromatic rings. The predicted molar refractivity (Wildman–Crippen MR) is 110 cm³/mol. The molecule has 1 fully saturated rings. The lowest BCUT2D eigenvalue weighted by molar-refractivity contribution is 0.0536. The number of carbonyl (C=O) groups is 2. The van der Waals surface area contributed by atoms with Gasteiger partial charge < -0.3 is 9.80 Å². The van der Waals surface area contributed by atoms with Gasteiger partial charge in [-0.25, -0.2) is 0 Å². The molecule has 1 aliphatic heterocycles. The molecule has 4 rings (SSSR count).